The van der Waals surface area contributed by atoms with E-state index in [1.54, 1.807) is 0 Å². The third kappa shape index (κ3) is 4.35. The number of amides is 1. The summed E-state index contributed by atoms with van der Waals surface area (Å²) in [5, 5.41) is 2.90. The van der Waals surface area contributed by atoms with E-state index in [4.69, 9.17) is 0 Å². The molecule has 3 heteroatoms. The summed E-state index contributed by atoms with van der Waals surface area (Å²) >= 11 is 0. The summed E-state index contributed by atoms with van der Waals surface area (Å²) in [5.74, 6) is -0.0198. The molecule has 0 heterocycles. The van der Waals surface area contributed by atoms with Crippen molar-refractivity contribution in [1.29, 1.82) is 0 Å². The van der Waals surface area contributed by atoms with Crippen LogP contribution in [0, 0.1) is 0 Å². The zero-order valence-electron chi connectivity index (χ0n) is 13.8. The Hall–Kier alpha value is -2.29. The fourth-order valence-corrected chi connectivity index (χ4v) is 2.24. The predicted molar refractivity (Wildman–Crippen MR) is 93.5 cm³/mol. The van der Waals surface area contributed by atoms with Crippen molar-refractivity contribution in [3.8, 4) is 0 Å². The molecule has 2 aromatic rings. The summed E-state index contributed by atoms with van der Waals surface area (Å²) in [6.07, 6.45) is 0. The van der Waals surface area contributed by atoms with E-state index < -0.39 is 0 Å². The molecule has 0 radical (unpaired) electrons. The number of anilines is 2. The van der Waals surface area contributed by atoms with E-state index in [1.807, 2.05) is 42.3 Å². The van der Waals surface area contributed by atoms with Crippen LogP contribution in [-0.2, 0) is 10.2 Å². The number of nitrogens with zero attached hydrogens (tertiary/aromatic N) is 1. The van der Waals surface area contributed by atoms with Crippen molar-refractivity contribution in [3.05, 3.63) is 60.2 Å². The molecule has 0 atom stereocenters. The highest BCUT2D eigenvalue weighted by Crippen LogP contribution is 2.24. The van der Waals surface area contributed by atoms with Gasteiger partial charge < -0.3 is 10.2 Å². The molecule has 2 aromatic carbocycles. The van der Waals surface area contributed by atoms with Crippen molar-refractivity contribution in [2.24, 2.45) is 0 Å². The van der Waals surface area contributed by atoms with Gasteiger partial charge in [0, 0.05) is 18.4 Å². The maximum absolute atomic E-state index is 12.1. The SMILES string of the molecule is CN(CC(=O)Nc1ccccc1)c1ccc(C(C)(C)C)cc1. The smallest absolute Gasteiger partial charge is 0.243 e. The molecule has 3 nitrogen and oxygen atoms in total. The topological polar surface area (TPSA) is 32.3 Å². The standard InChI is InChI=1S/C19H24N2O/c1-19(2,3)15-10-12-17(13-11-15)21(4)14-18(22)20-16-8-6-5-7-9-16/h5-13H,14H2,1-4H3,(H,20,22). The first-order chi connectivity index (χ1) is 10.4. The lowest BCUT2D eigenvalue weighted by Crippen LogP contribution is -2.30. The van der Waals surface area contributed by atoms with Gasteiger partial charge in [-0.15, -0.1) is 0 Å². The Balaban J connectivity index is 1.97. The van der Waals surface area contributed by atoms with Crippen LogP contribution < -0.4 is 10.2 Å². The average molecular weight is 296 g/mol. The van der Waals surface area contributed by atoms with Gasteiger partial charge in [0.2, 0.25) is 5.91 Å². The number of carbonyl (C=O) groups is 1. The lowest BCUT2D eigenvalue weighted by Gasteiger charge is -2.22. The van der Waals surface area contributed by atoms with E-state index in [0.717, 1.165) is 11.4 Å². The van der Waals surface area contributed by atoms with E-state index >= 15 is 0 Å². The summed E-state index contributed by atoms with van der Waals surface area (Å²) in [7, 11) is 1.93. The number of benzene rings is 2. The van der Waals surface area contributed by atoms with Gasteiger partial charge in [-0.05, 0) is 35.2 Å². The van der Waals surface area contributed by atoms with Gasteiger partial charge in [-0.3, -0.25) is 4.79 Å². The minimum absolute atomic E-state index is 0.0198. The molecule has 0 saturated heterocycles. The summed E-state index contributed by atoms with van der Waals surface area (Å²) in [6, 6.07) is 17.9. The summed E-state index contributed by atoms with van der Waals surface area (Å²) in [6.45, 7) is 6.90. The molecular formula is C19H24N2O. The molecule has 0 aliphatic rings. The molecule has 1 amide bonds. The first kappa shape index (κ1) is 16.1. The average Bonchev–Trinajstić information content (AvgIpc) is 2.47. The molecule has 0 aliphatic heterocycles. The van der Waals surface area contributed by atoms with Crippen LogP contribution in [0.1, 0.15) is 26.3 Å². The second-order valence-corrected chi connectivity index (χ2v) is 6.57. The highest BCUT2D eigenvalue weighted by molar-refractivity contribution is 5.93. The van der Waals surface area contributed by atoms with Gasteiger partial charge in [0.15, 0.2) is 0 Å². The zero-order chi connectivity index (χ0) is 16.2. The first-order valence-corrected chi connectivity index (χ1v) is 7.53. The van der Waals surface area contributed by atoms with Gasteiger partial charge in [-0.2, -0.15) is 0 Å². The number of hydrogen-bond donors (Lipinski definition) is 1. The van der Waals surface area contributed by atoms with Crippen molar-refractivity contribution in [2.75, 3.05) is 23.8 Å². The van der Waals surface area contributed by atoms with Crippen LogP contribution in [0.25, 0.3) is 0 Å². The zero-order valence-corrected chi connectivity index (χ0v) is 13.8. The fourth-order valence-electron chi connectivity index (χ4n) is 2.24. The minimum Gasteiger partial charge on any atom is -0.365 e. The van der Waals surface area contributed by atoms with Crippen molar-refractivity contribution in [1.82, 2.24) is 0 Å². The second kappa shape index (κ2) is 6.65. The van der Waals surface area contributed by atoms with E-state index in [9.17, 15) is 4.79 Å². The van der Waals surface area contributed by atoms with Crippen LogP contribution in [0.4, 0.5) is 11.4 Å². The summed E-state index contributed by atoms with van der Waals surface area (Å²) in [5.41, 5.74) is 3.29. The van der Waals surface area contributed by atoms with Crippen LogP contribution in [-0.4, -0.2) is 19.5 Å². The lowest BCUT2D eigenvalue weighted by molar-refractivity contribution is -0.114. The highest BCUT2D eigenvalue weighted by atomic mass is 16.2. The van der Waals surface area contributed by atoms with Crippen molar-refractivity contribution in [2.45, 2.75) is 26.2 Å². The Bertz CT molecular complexity index is 612. The second-order valence-electron chi connectivity index (χ2n) is 6.57. The van der Waals surface area contributed by atoms with Crippen LogP contribution in [0.15, 0.2) is 54.6 Å². The third-order valence-corrected chi connectivity index (χ3v) is 3.61. The molecule has 22 heavy (non-hydrogen) atoms. The molecule has 0 saturated carbocycles. The van der Waals surface area contributed by atoms with Crippen molar-refractivity contribution < 1.29 is 4.79 Å². The predicted octanol–water partition coefficient (Wildman–Crippen LogP) is 4.06. The first-order valence-electron chi connectivity index (χ1n) is 7.53. The third-order valence-electron chi connectivity index (χ3n) is 3.61. The Morgan fingerprint density at radius 3 is 2.14 bits per heavy atom. The van der Waals surface area contributed by atoms with Gasteiger partial charge in [-0.1, -0.05) is 51.1 Å². The van der Waals surface area contributed by atoms with E-state index in [0.29, 0.717) is 6.54 Å². The number of carbonyl (C=O) groups excluding carboxylic acids is 1. The van der Waals surface area contributed by atoms with E-state index in [1.165, 1.54) is 5.56 Å². The van der Waals surface area contributed by atoms with Crippen LogP contribution in [0.2, 0.25) is 0 Å². The Morgan fingerprint density at radius 1 is 1.00 bits per heavy atom. The summed E-state index contributed by atoms with van der Waals surface area (Å²) < 4.78 is 0. The number of likely N-dealkylation sites (N-methyl/N-ethyl adjacent to an activating group) is 1. The normalized spacial score (nSPS) is 11.1. The van der Waals surface area contributed by atoms with Gasteiger partial charge >= 0.3 is 0 Å². The number of nitrogens with one attached hydrogen (secondary N) is 1. The molecule has 116 valence electrons. The number of hydrogen-bond acceptors (Lipinski definition) is 2. The Kier molecular flexibility index (Phi) is 4.86. The Labute approximate surface area is 133 Å². The minimum atomic E-state index is -0.0198. The maximum Gasteiger partial charge on any atom is 0.243 e. The molecule has 0 aromatic heterocycles. The van der Waals surface area contributed by atoms with Crippen molar-refractivity contribution >= 4 is 17.3 Å². The molecule has 0 bridgehead atoms. The van der Waals surface area contributed by atoms with E-state index in [-0.39, 0.29) is 11.3 Å². The highest BCUT2D eigenvalue weighted by Gasteiger charge is 2.14. The fraction of sp³-hybridized carbons (Fsp3) is 0.316. The van der Waals surface area contributed by atoms with Gasteiger partial charge in [-0.25, -0.2) is 0 Å². The van der Waals surface area contributed by atoms with Gasteiger partial charge in [0.25, 0.3) is 0 Å². The Morgan fingerprint density at radius 2 is 1.59 bits per heavy atom. The largest absolute Gasteiger partial charge is 0.365 e. The maximum atomic E-state index is 12.1. The number of rotatable bonds is 4. The lowest BCUT2D eigenvalue weighted by atomic mass is 9.87. The quantitative estimate of drug-likeness (QED) is 0.923. The molecule has 2 rings (SSSR count). The monoisotopic (exact) mass is 296 g/mol. The van der Waals surface area contributed by atoms with Gasteiger partial charge in [0.05, 0.1) is 6.54 Å². The number of para-hydroxylation sites is 1. The molecule has 0 aliphatic carbocycles. The molecule has 0 spiro atoms. The van der Waals surface area contributed by atoms with Crippen LogP contribution >= 0.6 is 0 Å². The summed E-state index contributed by atoms with van der Waals surface area (Å²) in [4.78, 5) is 14.0. The molecule has 0 fully saturated rings. The van der Waals surface area contributed by atoms with E-state index in [2.05, 4.69) is 50.4 Å². The molecule has 1 N–H and O–H groups in total. The molecular weight excluding hydrogens is 272 g/mol. The van der Waals surface area contributed by atoms with Crippen LogP contribution in [0.5, 0.6) is 0 Å². The van der Waals surface area contributed by atoms with Crippen molar-refractivity contribution in [3.63, 3.8) is 0 Å². The molecule has 0 unspecified atom stereocenters. The van der Waals surface area contributed by atoms with Gasteiger partial charge in [0.1, 0.15) is 0 Å². The van der Waals surface area contributed by atoms with Crippen LogP contribution in [0.3, 0.4) is 0 Å².